The van der Waals surface area contributed by atoms with E-state index in [0.717, 1.165) is 12.4 Å². The summed E-state index contributed by atoms with van der Waals surface area (Å²) in [6, 6.07) is 0.851. The fourth-order valence-corrected chi connectivity index (χ4v) is 2.06. The van der Waals surface area contributed by atoms with Crippen molar-refractivity contribution in [1.29, 1.82) is 0 Å². The van der Waals surface area contributed by atoms with Gasteiger partial charge in [-0.2, -0.15) is 13.2 Å². The van der Waals surface area contributed by atoms with E-state index in [2.05, 4.69) is 9.97 Å². The molecule has 5 nitrogen and oxygen atoms in total. The molecule has 1 saturated heterocycles. The zero-order valence-corrected chi connectivity index (χ0v) is 9.89. The van der Waals surface area contributed by atoms with Crippen molar-refractivity contribution >= 4 is 11.8 Å². The third-order valence-corrected chi connectivity index (χ3v) is 3.04. The Kier molecular flexibility index (Phi) is 3.59. The molecule has 1 atom stereocenters. The molecule has 104 valence electrons. The smallest absolute Gasteiger partial charge is 0.433 e. The topological polar surface area (TPSA) is 66.3 Å². The van der Waals surface area contributed by atoms with Crippen LogP contribution in [0.15, 0.2) is 12.4 Å². The highest BCUT2D eigenvalue weighted by Crippen LogP contribution is 2.30. The molecule has 0 saturated carbocycles. The molecule has 0 aromatic carbocycles. The van der Waals surface area contributed by atoms with Crippen LogP contribution in [0.4, 0.5) is 19.0 Å². The zero-order chi connectivity index (χ0) is 14.0. The first kappa shape index (κ1) is 13.6. The van der Waals surface area contributed by atoms with Gasteiger partial charge in [-0.25, -0.2) is 9.97 Å². The van der Waals surface area contributed by atoms with Crippen LogP contribution in [0.2, 0.25) is 0 Å². The number of carboxylic acids is 1. The second-order valence-electron chi connectivity index (χ2n) is 4.38. The molecular formula is C11H12F3N3O2. The molecular weight excluding hydrogens is 263 g/mol. The van der Waals surface area contributed by atoms with Gasteiger partial charge in [-0.1, -0.05) is 0 Å². The van der Waals surface area contributed by atoms with Crippen molar-refractivity contribution in [1.82, 2.24) is 9.97 Å². The molecule has 1 unspecified atom stereocenters. The standard InChI is InChI=1S/C11H12F3N3O2/c12-11(13,14)8-4-9(16-6-15-8)17-3-1-2-7(5-17)10(18)19/h4,6-7H,1-3,5H2,(H,18,19). The number of anilines is 1. The van der Waals surface area contributed by atoms with Gasteiger partial charge in [0.25, 0.3) is 0 Å². The highest BCUT2D eigenvalue weighted by Gasteiger charge is 2.34. The van der Waals surface area contributed by atoms with Crippen LogP contribution in [0, 0.1) is 5.92 Å². The van der Waals surface area contributed by atoms with E-state index in [9.17, 15) is 18.0 Å². The molecule has 8 heteroatoms. The van der Waals surface area contributed by atoms with Gasteiger partial charge in [-0.05, 0) is 12.8 Å². The van der Waals surface area contributed by atoms with E-state index < -0.39 is 23.8 Å². The van der Waals surface area contributed by atoms with E-state index in [4.69, 9.17) is 5.11 Å². The van der Waals surface area contributed by atoms with Crippen LogP contribution in [0.1, 0.15) is 18.5 Å². The molecule has 1 aromatic heterocycles. The summed E-state index contributed by atoms with van der Waals surface area (Å²) >= 11 is 0. The van der Waals surface area contributed by atoms with Crippen molar-refractivity contribution in [3.05, 3.63) is 18.1 Å². The number of aliphatic carboxylic acids is 1. The lowest BCUT2D eigenvalue weighted by Gasteiger charge is -2.31. The summed E-state index contributed by atoms with van der Waals surface area (Å²) in [5.41, 5.74) is -1.02. The monoisotopic (exact) mass is 275 g/mol. The van der Waals surface area contributed by atoms with Crippen LogP contribution >= 0.6 is 0 Å². The number of hydrogen-bond donors (Lipinski definition) is 1. The van der Waals surface area contributed by atoms with E-state index in [1.807, 2.05) is 0 Å². The molecule has 1 aromatic rings. The zero-order valence-electron chi connectivity index (χ0n) is 9.89. The fraction of sp³-hybridized carbons (Fsp3) is 0.545. The maximum absolute atomic E-state index is 12.5. The normalized spacial score (nSPS) is 20.4. The van der Waals surface area contributed by atoms with Crippen molar-refractivity contribution in [3.63, 3.8) is 0 Å². The third kappa shape index (κ3) is 3.12. The van der Waals surface area contributed by atoms with Gasteiger partial charge in [0.05, 0.1) is 5.92 Å². The van der Waals surface area contributed by atoms with Gasteiger partial charge < -0.3 is 10.0 Å². The second kappa shape index (κ2) is 5.02. The van der Waals surface area contributed by atoms with Crippen molar-refractivity contribution in [2.75, 3.05) is 18.0 Å². The quantitative estimate of drug-likeness (QED) is 0.891. The summed E-state index contributed by atoms with van der Waals surface area (Å²) < 4.78 is 37.6. The molecule has 2 heterocycles. The summed E-state index contributed by atoms with van der Waals surface area (Å²) in [6.45, 7) is 0.668. The highest BCUT2D eigenvalue weighted by atomic mass is 19.4. The van der Waals surface area contributed by atoms with E-state index in [1.54, 1.807) is 4.90 Å². The molecule has 1 N–H and O–H groups in total. The maximum Gasteiger partial charge on any atom is 0.433 e. The minimum absolute atomic E-state index is 0.119. The van der Waals surface area contributed by atoms with E-state index in [-0.39, 0.29) is 12.4 Å². The molecule has 19 heavy (non-hydrogen) atoms. The first-order valence-corrected chi connectivity index (χ1v) is 5.75. The Bertz CT molecular complexity index is 478. The molecule has 1 aliphatic rings. The van der Waals surface area contributed by atoms with Gasteiger partial charge in [0.2, 0.25) is 0 Å². The summed E-state index contributed by atoms with van der Waals surface area (Å²) in [4.78, 5) is 19.4. The molecule has 0 spiro atoms. The van der Waals surface area contributed by atoms with Crippen LogP contribution in [0.25, 0.3) is 0 Å². The van der Waals surface area contributed by atoms with Gasteiger partial charge in [-0.3, -0.25) is 4.79 Å². The third-order valence-electron chi connectivity index (χ3n) is 3.04. The minimum atomic E-state index is -4.53. The largest absolute Gasteiger partial charge is 0.481 e. The molecule has 2 rings (SSSR count). The van der Waals surface area contributed by atoms with Gasteiger partial charge in [0, 0.05) is 19.2 Å². The maximum atomic E-state index is 12.5. The van der Waals surface area contributed by atoms with Gasteiger partial charge in [-0.15, -0.1) is 0 Å². The molecule has 0 aliphatic carbocycles. The first-order valence-electron chi connectivity index (χ1n) is 5.75. The number of piperidine rings is 1. The lowest BCUT2D eigenvalue weighted by molar-refractivity contribution is -0.142. The Hall–Kier alpha value is -1.86. The van der Waals surface area contributed by atoms with Crippen molar-refractivity contribution < 1.29 is 23.1 Å². The Morgan fingerprint density at radius 1 is 1.42 bits per heavy atom. The predicted octanol–water partition coefficient (Wildman–Crippen LogP) is 1.80. The average Bonchev–Trinajstić information content (AvgIpc) is 2.38. The number of carbonyl (C=O) groups is 1. The number of aromatic nitrogens is 2. The Balaban J connectivity index is 2.20. The number of alkyl halides is 3. The molecule has 1 aliphatic heterocycles. The van der Waals surface area contributed by atoms with Crippen LogP contribution < -0.4 is 4.90 Å². The van der Waals surface area contributed by atoms with Crippen molar-refractivity contribution in [2.24, 2.45) is 5.92 Å². The summed E-state index contributed by atoms with van der Waals surface area (Å²) in [7, 11) is 0. The SMILES string of the molecule is O=C(O)C1CCCN(c2cc(C(F)(F)F)ncn2)C1. The van der Waals surface area contributed by atoms with Crippen molar-refractivity contribution in [2.45, 2.75) is 19.0 Å². The lowest BCUT2D eigenvalue weighted by Crippen LogP contribution is -2.39. The summed E-state index contributed by atoms with van der Waals surface area (Å²) in [6.07, 6.45) is -2.53. The lowest BCUT2D eigenvalue weighted by atomic mass is 9.98. The van der Waals surface area contributed by atoms with E-state index in [1.165, 1.54) is 0 Å². The Morgan fingerprint density at radius 2 is 2.16 bits per heavy atom. The summed E-state index contributed by atoms with van der Waals surface area (Å²) in [5.74, 6) is -1.39. The Labute approximate surface area is 107 Å². The van der Waals surface area contributed by atoms with Crippen LogP contribution in [-0.2, 0) is 11.0 Å². The predicted molar refractivity (Wildman–Crippen MR) is 59.6 cm³/mol. The first-order chi connectivity index (χ1) is 8.88. The highest BCUT2D eigenvalue weighted by molar-refractivity contribution is 5.71. The number of nitrogens with zero attached hydrogens (tertiary/aromatic N) is 3. The number of carboxylic acid groups (broad SMARTS) is 1. The second-order valence-corrected chi connectivity index (χ2v) is 4.38. The average molecular weight is 275 g/mol. The van der Waals surface area contributed by atoms with Gasteiger partial charge in [0.15, 0.2) is 0 Å². The fourth-order valence-electron chi connectivity index (χ4n) is 2.06. The minimum Gasteiger partial charge on any atom is -0.481 e. The van der Waals surface area contributed by atoms with Gasteiger partial charge >= 0.3 is 12.1 Å². The van der Waals surface area contributed by atoms with Crippen LogP contribution in [0.3, 0.4) is 0 Å². The van der Waals surface area contributed by atoms with Crippen molar-refractivity contribution in [3.8, 4) is 0 Å². The number of hydrogen-bond acceptors (Lipinski definition) is 4. The molecule has 0 radical (unpaired) electrons. The molecule has 0 bridgehead atoms. The molecule has 1 fully saturated rings. The number of halogens is 3. The number of rotatable bonds is 2. The van der Waals surface area contributed by atoms with E-state index in [0.29, 0.717) is 19.4 Å². The Morgan fingerprint density at radius 3 is 2.79 bits per heavy atom. The van der Waals surface area contributed by atoms with Crippen LogP contribution in [-0.4, -0.2) is 34.1 Å². The van der Waals surface area contributed by atoms with Gasteiger partial charge in [0.1, 0.15) is 17.8 Å². The van der Waals surface area contributed by atoms with E-state index >= 15 is 0 Å². The summed E-state index contributed by atoms with van der Waals surface area (Å²) in [5, 5.41) is 8.95. The van der Waals surface area contributed by atoms with Crippen LogP contribution in [0.5, 0.6) is 0 Å². The molecule has 0 amide bonds.